The molecule has 0 saturated heterocycles. The van der Waals surface area contributed by atoms with E-state index in [1.54, 1.807) is 23.1 Å². The number of benzene rings is 3. The van der Waals surface area contributed by atoms with Gasteiger partial charge in [0.05, 0.1) is 0 Å². The minimum Gasteiger partial charge on any atom is -0.289 e. The lowest BCUT2D eigenvalue weighted by molar-refractivity contribution is 1.39. The van der Waals surface area contributed by atoms with E-state index in [4.69, 9.17) is 0 Å². The van der Waals surface area contributed by atoms with Gasteiger partial charge < -0.3 is 0 Å². The van der Waals surface area contributed by atoms with Gasteiger partial charge in [0.25, 0.3) is 0 Å². The molecule has 0 aliphatic carbocycles. The van der Waals surface area contributed by atoms with Gasteiger partial charge in [0.2, 0.25) is 0 Å². The van der Waals surface area contributed by atoms with Crippen molar-refractivity contribution in [2.75, 3.05) is 0 Å². The maximum atomic E-state index is 12.7. The maximum absolute atomic E-state index is 12.7. The van der Waals surface area contributed by atoms with Gasteiger partial charge in [0, 0.05) is 30.8 Å². The van der Waals surface area contributed by atoms with Gasteiger partial charge in [-0.3, -0.25) is 4.79 Å². The highest BCUT2D eigenvalue weighted by Gasteiger charge is 2.06. The third-order valence-electron chi connectivity index (χ3n) is 3.80. The highest BCUT2D eigenvalue weighted by atomic mass is 32.2. The Hall–Kier alpha value is -2.10. The summed E-state index contributed by atoms with van der Waals surface area (Å²) in [4.78, 5) is 13.9. The van der Waals surface area contributed by atoms with E-state index in [-0.39, 0.29) is 5.43 Å². The van der Waals surface area contributed by atoms with E-state index in [0.29, 0.717) is 0 Å². The quantitative estimate of drug-likeness (QED) is 0.353. The number of fused-ring (bicyclic) bond motifs is 2. The molecule has 0 amide bonds. The molecule has 0 bridgehead atoms. The molecule has 3 aromatic carbocycles. The zero-order chi connectivity index (χ0) is 15.6. The van der Waals surface area contributed by atoms with Crippen molar-refractivity contribution in [1.82, 2.24) is 0 Å². The van der Waals surface area contributed by atoms with Crippen molar-refractivity contribution in [3.63, 3.8) is 0 Å². The summed E-state index contributed by atoms with van der Waals surface area (Å²) < 4.78 is 2.10. The molecule has 0 N–H and O–H groups in total. The molecule has 1 nitrogen and oxygen atoms in total. The minimum absolute atomic E-state index is 0.136. The van der Waals surface area contributed by atoms with Crippen LogP contribution < -0.4 is 5.43 Å². The Morgan fingerprint density at radius 1 is 0.783 bits per heavy atom. The molecular formula is C20H14OS2. The van der Waals surface area contributed by atoms with Crippen molar-refractivity contribution < 1.29 is 0 Å². The van der Waals surface area contributed by atoms with Gasteiger partial charge in [0.15, 0.2) is 5.43 Å². The van der Waals surface area contributed by atoms with Crippen molar-refractivity contribution in [3.8, 4) is 0 Å². The molecule has 0 spiro atoms. The zero-order valence-electron chi connectivity index (χ0n) is 12.4. The summed E-state index contributed by atoms with van der Waals surface area (Å²) in [5.41, 5.74) is 1.43. The van der Waals surface area contributed by atoms with Crippen LogP contribution in [-0.2, 0) is 5.75 Å². The number of hydrogen-bond donors (Lipinski definition) is 0. The predicted octanol–water partition coefficient (Wildman–Crippen LogP) is 5.71. The van der Waals surface area contributed by atoms with Crippen LogP contribution in [0.15, 0.2) is 82.5 Å². The Balaban J connectivity index is 1.74. The first kappa shape index (κ1) is 14.5. The molecule has 0 unspecified atom stereocenters. The fourth-order valence-electron chi connectivity index (χ4n) is 2.61. The average Bonchev–Trinajstić information content (AvgIpc) is 2.61. The SMILES string of the molecule is O=c1c2ccccc2sc2ccc(SCc3ccccc3)cc12. The topological polar surface area (TPSA) is 17.1 Å². The molecule has 112 valence electrons. The van der Waals surface area contributed by atoms with Gasteiger partial charge in [-0.25, -0.2) is 0 Å². The summed E-state index contributed by atoms with van der Waals surface area (Å²) in [7, 11) is 0. The summed E-state index contributed by atoms with van der Waals surface area (Å²) in [6.45, 7) is 0. The van der Waals surface area contributed by atoms with Crippen molar-refractivity contribution in [3.05, 3.63) is 88.6 Å². The molecule has 1 aromatic heterocycles. The molecule has 4 rings (SSSR count). The van der Waals surface area contributed by atoms with Crippen molar-refractivity contribution in [2.24, 2.45) is 0 Å². The molecule has 0 radical (unpaired) electrons. The number of thioether (sulfide) groups is 1. The Morgan fingerprint density at radius 3 is 2.39 bits per heavy atom. The summed E-state index contributed by atoms with van der Waals surface area (Å²) >= 11 is 3.45. The van der Waals surface area contributed by atoms with Gasteiger partial charge in [-0.05, 0) is 35.9 Å². The molecule has 0 aliphatic rings. The largest absolute Gasteiger partial charge is 0.289 e. The summed E-state index contributed by atoms with van der Waals surface area (Å²) in [6, 6.07) is 24.4. The highest BCUT2D eigenvalue weighted by Crippen LogP contribution is 2.29. The zero-order valence-corrected chi connectivity index (χ0v) is 14.0. The predicted molar refractivity (Wildman–Crippen MR) is 102 cm³/mol. The first-order chi connectivity index (χ1) is 11.3. The molecule has 3 heteroatoms. The van der Waals surface area contributed by atoms with Gasteiger partial charge in [-0.2, -0.15) is 0 Å². The number of rotatable bonds is 3. The van der Waals surface area contributed by atoms with E-state index in [9.17, 15) is 4.79 Å². The second-order valence-corrected chi connectivity index (χ2v) is 7.49. The van der Waals surface area contributed by atoms with E-state index in [0.717, 1.165) is 30.8 Å². The lowest BCUT2D eigenvalue weighted by Gasteiger charge is -2.05. The summed E-state index contributed by atoms with van der Waals surface area (Å²) in [5.74, 6) is 0.914. The smallest absolute Gasteiger partial charge is 0.195 e. The van der Waals surface area contributed by atoms with Crippen LogP contribution in [0.3, 0.4) is 0 Å². The van der Waals surface area contributed by atoms with Gasteiger partial charge in [0.1, 0.15) is 0 Å². The van der Waals surface area contributed by atoms with E-state index in [1.807, 2.05) is 36.4 Å². The molecule has 0 aliphatic heterocycles. The van der Waals surface area contributed by atoms with Crippen LogP contribution in [0, 0.1) is 0 Å². The Bertz CT molecular complexity index is 1040. The normalized spacial score (nSPS) is 11.1. The van der Waals surface area contributed by atoms with Crippen molar-refractivity contribution in [1.29, 1.82) is 0 Å². The fourth-order valence-corrected chi connectivity index (χ4v) is 4.56. The van der Waals surface area contributed by atoms with Crippen LogP contribution in [-0.4, -0.2) is 0 Å². The second-order valence-electron chi connectivity index (χ2n) is 5.36. The molecule has 0 saturated carbocycles. The molecule has 4 aromatic rings. The third kappa shape index (κ3) is 2.90. The molecular weight excluding hydrogens is 320 g/mol. The van der Waals surface area contributed by atoms with Crippen molar-refractivity contribution >= 4 is 43.3 Å². The van der Waals surface area contributed by atoms with Crippen molar-refractivity contribution in [2.45, 2.75) is 10.6 Å². The first-order valence-electron chi connectivity index (χ1n) is 7.43. The summed E-state index contributed by atoms with van der Waals surface area (Å²) in [5, 5.41) is 1.64. The molecule has 23 heavy (non-hydrogen) atoms. The van der Waals surface area contributed by atoms with Crippen LogP contribution in [0.4, 0.5) is 0 Å². The van der Waals surface area contributed by atoms with E-state index in [2.05, 4.69) is 36.4 Å². The molecule has 1 heterocycles. The van der Waals surface area contributed by atoms with Gasteiger partial charge >= 0.3 is 0 Å². The lowest BCUT2D eigenvalue weighted by Crippen LogP contribution is -2.00. The highest BCUT2D eigenvalue weighted by molar-refractivity contribution is 7.98. The van der Waals surface area contributed by atoms with Gasteiger partial charge in [-0.15, -0.1) is 23.1 Å². The minimum atomic E-state index is 0.136. The van der Waals surface area contributed by atoms with Crippen LogP contribution in [0.25, 0.3) is 20.2 Å². The standard InChI is InChI=1S/C20H14OS2/c21-20-16-8-4-5-9-18(16)23-19-11-10-15(12-17(19)20)22-13-14-6-2-1-3-7-14/h1-12H,13H2. The second kappa shape index (κ2) is 6.19. The molecule has 0 fully saturated rings. The third-order valence-corrected chi connectivity index (χ3v) is 6.01. The van der Waals surface area contributed by atoms with E-state index >= 15 is 0 Å². The van der Waals surface area contributed by atoms with E-state index < -0.39 is 0 Å². The van der Waals surface area contributed by atoms with Crippen LogP contribution in [0.1, 0.15) is 5.56 Å². The average molecular weight is 334 g/mol. The fraction of sp³-hybridized carbons (Fsp3) is 0.0500. The Kier molecular flexibility index (Phi) is 3.90. The van der Waals surface area contributed by atoms with Crippen LogP contribution in [0.5, 0.6) is 0 Å². The Morgan fingerprint density at radius 2 is 1.52 bits per heavy atom. The first-order valence-corrected chi connectivity index (χ1v) is 9.24. The van der Waals surface area contributed by atoms with E-state index in [1.165, 1.54) is 5.56 Å². The number of hydrogen-bond acceptors (Lipinski definition) is 3. The lowest BCUT2D eigenvalue weighted by atomic mass is 10.2. The van der Waals surface area contributed by atoms with Crippen LogP contribution in [0.2, 0.25) is 0 Å². The maximum Gasteiger partial charge on any atom is 0.195 e. The van der Waals surface area contributed by atoms with Crippen LogP contribution >= 0.6 is 23.1 Å². The van der Waals surface area contributed by atoms with Gasteiger partial charge in [-0.1, -0.05) is 42.5 Å². The summed E-state index contributed by atoms with van der Waals surface area (Å²) in [6.07, 6.45) is 0. The monoisotopic (exact) mass is 334 g/mol. The molecule has 0 atom stereocenters. The Labute approximate surface area is 142 Å².